The molecule has 0 spiro atoms. The zero-order valence-electron chi connectivity index (χ0n) is 17.3. The number of unbranched alkanes of at least 4 members (excludes halogenated alkanes) is 8. The molecule has 0 aliphatic rings. The molecule has 0 saturated carbocycles. The fourth-order valence-corrected chi connectivity index (χ4v) is 3.65. The van der Waals surface area contributed by atoms with Gasteiger partial charge >= 0.3 is 7.60 Å². The van der Waals surface area contributed by atoms with E-state index >= 15 is 0 Å². The molecule has 0 aliphatic heterocycles. The second-order valence-corrected chi connectivity index (χ2v) is 9.09. The van der Waals surface area contributed by atoms with Crippen molar-refractivity contribution in [3.05, 3.63) is 23.5 Å². The summed E-state index contributed by atoms with van der Waals surface area (Å²) in [6.07, 6.45) is 9.96. The van der Waals surface area contributed by atoms with E-state index in [2.05, 4.69) is 0 Å². The van der Waals surface area contributed by atoms with Gasteiger partial charge in [-0.05, 0) is 37.8 Å². The first-order valence-corrected chi connectivity index (χ1v) is 12.2. The number of ether oxygens (including phenoxy) is 2. The number of halogens is 1. The van der Waals surface area contributed by atoms with Crippen molar-refractivity contribution in [2.75, 3.05) is 19.4 Å². The number of hydrogen-bond donors (Lipinski definition) is 2. The van der Waals surface area contributed by atoms with Crippen LogP contribution in [-0.4, -0.2) is 29.2 Å². The van der Waals surface area contributed by atoms with E-state index in [-0.39, 0.29) is 12.0 Å². The van der Waals surface area contributed by atoms with Gasteiger partial charge in [-0.3, -0.25) is 4.57 Å². The Morgan fingerprint density at radius 2 is 1.46 bits per heavy atom. The maximum atomic E-state index is 14.1. The Hall–Kier alpha value is -1.10. The van der Waals surface area contributed by atoms with Crippen molar-refractivity contribution in [3.63, 3.8) is 0 Å². The molecule has 162 valence electrons. The summed E-state index contributed by atoms with van der Waals surface area (Å²) < 4.78 is 35.9. The normalized spacial score (nSPS) is 11.6. The van der Waals surface area contributed by atoms with Crippen LogP contribution < -0.4 is 9.47 Å². The van der Waals surface area contributed by atoms with Crippen LogP contribution in [0.15, 0.2) is 12.1 Å². The molecular weight excluding hydrogens is 382 g/mol. The van der Waals surface area contributed by atoms with Crippen LogP contribution in [0.1, 0.15) is 76.7 Å². The van der Waals surface area contributed by atoms with E-state index in [0.717, 1.165) is 63.4 Å². The van der Waals surface area contributed by atoms with Crippen molar-refractivity contribution in [2.45, 2.75) is 78.1 Å². The van der Waals surface area contributed by atoms with E-state index in [9.17, 15) is 8.96 Å². The number of aryl methyl sites for hydroxylation is 1. The van der Waals surface area contributed by atoms with E-state index in [1.807, 2.05) is 19.9 Å². The summed E-state index contributed by atoms with van der Waals surface area (Å²) in [6.45, 7) is 4.90. The Kier molecular flexibility index (Phi) is 12.4. The van der Waals surface area contributed by atoms with Crippen LogP contribution in [0.25, 0.3) is 0 Å². The molecular formula is C21H36FO5P. The lowest BCUT2D eigenvalue weighted by Gasteiger charge is -2.12. The molecule has 0 heterocycles. The first kappa shape index (κ1) is 24.9. The van der Waals surface area contributed by atoms with E-state index in [1.165, 1.54) is 6.07 Å². The molecule has 1 aromatic carbocycles. The molecule has 0 radical (unpaired) electrons. The topological polar surface area (TPSA) is 76.0 Å². The minimum absolute atomic E-state index is 0.00488. The predicted molar refractivity (Wildman–Crippen MR) is 111 cm³/mol. The Morgan fingerprint density at radius 3 is 2.00 bits per heavy atom. The molecule has 0 aromatic heterocycles. The monoisotopic (exact) mass is 418 g/mol. The van der Waals surface area contributed by atoms with E-state index in [1.54, 1.807) is 0 Å². The highest BCUT2D eigenvalue weighted by Crippen LogP contribution is 2.35. The van der Waals surface area contributed by atoms with E-state index < -0.39 is 7.60 Å². The highest BCUT2D eigenvalue weighted by atomic mass is 31.2. The van der Waals surface area contributed by atoms with Gasteiger partial charge in [0, 0.05) is 12.2 Å². The van der Waals surface area contributed by atoms with Gasteiger partial charge in [-0.2, -0.15) is 0 Å². The standard InChI is InChI=1S/C21H36FO5P/c1-3-13-27-21-18(2)16-19(17-20(21)22)26-14-11-9-7-5-4-6-8-10-12-15-28(23,24)25/h16-17H,3-15H2,1-2H3,(H2,23,24,25). The van der Waals surface area contributed by atoms with Gasteiger partial charge in [-0.15, -0.1) is 0 Å². The number of hydrogen-bond acceptors (Lipinski definition) is 3. The first-order valence-electron chi connectivity index (χ1n) is 10.4. The average Bonchev–Trinajstić information content (AvgIpc) is 2.61. The van der Waals surface area contributed by atoms with Gasteiger partial charge in [-0.25, -0.2) is 4.39 Å². The van der Waals surface area contributed by atoms with Gasteiger partial charge in [-0.1, -0.05) is 51.9 Å². The molecule has 0 fully saturated rings. The Bertz CT molecular complexity index is 579. The molecule has 28 heavy (non-hydrogen) atoms. The van der Waals surface area contributed by atoms with Gasteiger partial charge in [0.05, 0.1) is 13.2 Å². The van der Waals surface area contributed by atoms with Gasteiger partial charge in [0.15, 0.2) is 11.6 Å². The smallest absolute Gasteiger partial charge is 0.325 e. The first-order chi connectivity index (χ1) is 13.3. The van der Waals surface area contributed by atoms with Gasteiger partial charge in [0.1, 0.15) is 5.75 Å². The van der Waals surface area contributed by atoms with Gasteiger partial charge < -0.3 is 19.3 Å². The lowest BCUT2D eigenvalue weighted by molar-refractivity contribution is 0.288. The van der Waals surface area contributed by atoms with Crippen molar-refractivity contribution >= 4 is 7.60 Å². The molecule has 1 rings (SSSR count). The van der Waals surface area contributed by atoms with Gasteiger partial charge in [0.2, 0.25) is 0 Å². The van der Waals surface area contributed by atoms with Crippen LogP contribution in [0.2, 0.25) is 0 Å². The van der Waals surface area contributed by atoms with Crippen LogP contribution >= 0.6 is 7.60 Å². The molecule has 7 heteroatoms. The van der Waals surface area contributed by atoms with Crippen molar-refractivity contribution in [1.29, 1.82) is 0 Å². The largest absolute Gasteiger partial charge is 0.493 e. The minimum Gasteiger partial charge on any atom is -0.493 e. The summed E-state index contributed by atoms with van der Waals surface area (Å²) in [5.74, 6) is 0.495. The summed E-state index contributed by atoms with van der Waals surface area (Å²) in [6, 6.07) is 3.21. The third-order valence-corrected chi connectivity index (χ3v) is 5.41. The highest BCUT2D eigenvalue weighted by Gasteiger charge is 2.11. The van der Waals surface area contributed by atoms with E-state index in [4.69, 9.17) is 19.3 Å². The number of rotatable bonds is 16. The van der Waals surface area contributed by atoms with Crippen LogP contribution in [-0.2, 0) is 4.57 Å². The molecule has 0 atom stereocenters. The second kappa shape index (κ2) is 14.0. The third-order valence-electron chi connectivity index (χ3n) is 4.52. The number of benzene rings is 1. The second-order valence-electron chi connectivity index (χ2n) is 7.32. The fraction of sp³-hybridized carbons (Fsp3) is 0.714. The quantitative estimate of drug-likeness (QED) is 0.255. The molecule has 2 N–H and O–H groups in total. The molecule has 0 bridgehead atoms. The molecule has 0 unspecified atom stereocenters. The molecule has 0 aliphatic carbocycles. The minimum atomic E-state index is -3.82. The van der Waals surface area contributed by atoms with Crippen molar-refractivity contribution in [2.24, 2.45) is 0 Å². The maximum Gasteiger partial charge on any atom is 0.325 e. The molecule has 0 saturated heterocycles. The molecule has 5 nitrogen and oxygen atoms in total. The molecule has 0 amide bonds. The van der Waals surface area contributed by atoms with Crippen LogP contribution in [0.5, 0.6) is 11.5 Å². The van der Waals surface area contributed by atoms with Crippen molar-refractivity contribution in [1.82, 2.24) is 0 Å². The summed E-state index contributed by atoms with van der Waals surface area (Å²) >= 11 is 0. The highest BCUT2D eigenvalue weighted by molar-refractivity contribution is 7.51. The average molecular weight is 418 g/mol. The van der Waals surface area contributed by atoms with Gasteiger partial charge in [0.25, 0.3) is 0 Å². The third kappa shape index (κ3) is 11.7. The van der Waals surface area contributed by atoms with Crippen molar-refractivity contribution < 1.29 is 28.2 Å². The SMILES string of the molecule is CCCOc1c(C)cc(OCCCCCCCCCCCP(=O)(O)O)cc1F. The van der Waals surface area contributed by atoms with Crippen LogP contribution in [0.4, 0.5) is 4.39 Å². The van der Waals surface area contributed by atoms with E-state index in [0.29, 0.717) is 31.1 Å². The summed E-state index contributed by atoms with van der Waals surface area (Å²) in [7, 11) is -3.82. The summed E-state index contributed by atoms with van der Waals surface area (Å²) in [5, 5.41) is 0. The zero-order valence-corrected chi connectivity index (χ0v) is 18.2. The zero-order chi connectivity index (χ0) is 20.8. The Balaban J connectivity index is 2.05. The Labute approximate surface area is 168 Å². The molecule has 1 aromatic rings. The Morgan fingerprint density at radius 1 is 0.893 bits per heavy atom. The fourth-order valence-electron chi connectivity index (χ4n) is 3.02. The summed E-state index contributed by atoms with van der Waals surface area (Å²) in [5.41, 5.74) is 0.754. The van der Waals surface area contributed by atoms with Crippen molar-refractivity contribution in [3.8, 4) is 11.5 Å². The predicted octanol–water partition coefficient (Wildman–Crippen LogP) is 5.99. The lowest BCUT2D eigenvalue weighted by Crippen LogP contribution is -2.02. The van der Waals surface area contributed by atoms with Crippen LogP contribution in [0.3, 0.4) is 0 Å². The summed E-state index contributed by atoms with van der Waals surface area (Å²) in [4.78, 5) is 17.6. The lowest BCUT2D eigenvalue weighted by atomic mass is 10.1. The van der Waals surface area contributed by atoms with Crippen LogP contribution in [0, 0.1) is 12.7 Å². The maximum absolute atomic E-state index is 14.1.